The Hall–Kier alpha value is -4.14. The highest BCUT2D eigenvalue weighted by molar-refractivity contribution is 6.30. The van der Waals surface area contributed by atoms with Crippen molar-refractivity contribution in [3.05, 3.63) is 94.6 Å². The normalized spacial score (nSPS) is 14.6. The summed E-state index contributed by atoms with van der Waals surface area (Å²) in [5, 5.41) is 3.59. The van der Waals surface area contributed by atoms with Crippen LogP contribution in [0.5, 0.6) is 5.75 Å². The zero-order chi connectivity index (χ0) is 28.9. The summed E-state index contributed by atoms with van der Waals surface area (Å²) in [4.78, 5) is 33.3. The van der Waals surface area contributed by atoms with Crippen LogP contribution in [-0.4, -0.2) is 59.2 Å². The highest BCUT2D eigenvalue weighted by Crippen LogP contribution is 2.27. The summed E-state index contributed by atoms with van der Waals surface area (Å²) in [6.45, 7) is 4.92. The fraction of sp³-hybridized carbons (Fsp3) is 0.281. The van der Waals surface area contributed by atoms with Crippen molar-refractivity contribution in [2.45, 2.75) is 32.8 Å². The maximum absolute atomic E-state index is 13.5. The van der Waals surface area contributed by atoms with Crippen molar-refractivity contribution in [3.63, 3.8) is 0 Å². The fourth-order valence-electron chi connectivity index (χ4n) is 4.81. The van der Waals surface area contributed by atoms with Crippen LogP contribution in [0.15, 0.2) is 72.9 Å². The Labute approximate surface area is 244 Å². The van der Waals surface area contributed by atoms with E-state index < -0.39 is 0 Å². The van der Waals surface area contributed by atoms with Gasteiger partial charge < -0.3 is 14.4 Å². The van der Waals surface area contributed by atoms with E-state index in [0.29, 0.717) is 41.1 Å². The van der Waals surface area contributed by atoms with E-state index in [-0.39, 0.29) is 24.5 Å². The molecular weight excluding hydrogens is 540 g/mol. The molecule has 1 N–H and O–H groups in total. The van der Waals surface area contributed by atoms with E-state index >= 15 is 0 Å². The number of aromatic nitrogens is 2. The van der Waals surface area contributed by atoms with Crippen molar-refractivity contribution in [1.82, 2.24) is 14.5 Å². The highest BCUT2D eigenvalue weighted by Gasteiger charge is 2.26. The summed E-state index contributed by atoms with van der Waals surface area (Å²) in [6.07, 6.45) is 3.55. The monoisotopic (exact) mass is 572 g/mol. The van der Waals surface area contributed by atoms with Crippen molar-refractivity contribution in [2.75, 3.05) is 32.1 Å². The van der Waals surface area contributed by atoms with Gasteiger partial charge in [-0.1, -0.05) is 29.8 Å². The smallest absolute Gasteiger partial charge is 0.254 e. The molecule has 3 aromatic carbocycles. The second-order valence-corrected chi connectivity index (χ2v) is 10.6. The minimum atomic E-state index is -0.358. The number of ether oxygens (including phenoxy) is 2. The van der Waals surface area contributed by atoms with Crippen LogP contribution >= 0.6 is 11.6 Å². The molecule has 1 saturated heterocycles. The molecule has 4 aromatic rings. The molecule has 2 amide bonds. The van der Waals surface area contributed by atoms with E-state index in [0.717, 1.165) is 29.7 Å². The van der Waals surface area contributed by atoms with Crippen molar-refractivity contribution >= 4 is 29.4 Å². The van der Waals surface area contributed by atoms with Crippen LogP contribution in [0.1, 0.15) is 34.3 Å². The molecule has 41 heavy (non-hydrogen) atoms. The Kier molecular flexibility index (Phi) is 8.71. The molecule has 8 nitrogen and oxygen atoms in total. The average Bonchev–Trinajstić information content (AvgIpc) is 3.64. The number of halogens is 1. The standard InChI is InChI=1S/C32H33ClN4O4/c1-21-6-13-26(17-22(21)2)37-19-29(23-7-11-25(33)12-8-23)34-32(37)35-30(38)20-36(18-28-5-4-16-41-28)31(39)24-9-14-27(40-3)15-10-24/h6-15,17,19,28H,4-5,16,18,20H2,1-3H3,(H,34,35,38)/t28-/m1/s1. The number of amides is 2. The van der Waals surface area contributed by atoms with Gasteiger partial charge in [0.25, 0.3) is 5.91 Å². The van der Waals surface area contributed by atoms with Gasteiger partial charge in [0.2, 0.25) is 11.9 Å². The number of rotatable bonds is 9. The summed E-state index contributed by atoms with van der Waals surface area (Å²) >= 11 is 6.10. The third kappa shape index (κ3) is 6.78. The lowest BCUT2D eigenvalue weighted by molar-refractivity contribution is -0.117. The number of aryl methyl sites for hydroxylation is 2. The first-order valence-electron chi connectivity index (χ1n) is 13.6. The van der Waals surface area contributed by atoms with Crippen LogP contribution < -0.4 is 10.1 Å². The third-order valence-corrected chi connectivity index (χ3v) is 7.52. The summed E-state index contributed by atoms with van der Waals surface area (Å²) in [5.41, 5.74) is 5.16. The Morgan fingerprint density at radius 3 is 2.49 bits per heavy atom. The second kappa shape index (κ2) is 12.6. The van der Waals surface area contributed by atoms with E-state index in [1.807, 2.05) is 42.0 Å². The van der Waals surface area contributed by atoms with Crippen LogP contribution in [0, 0.1) is 13.8 Å². The molecule has 1 fully saturated rings. The molecule has 1 aromatic heterocycles. The van der Waals surface area contributed by atoms with Gasteiger partial charge in [0.15, 0.2) is 0 Å². The molecule has 1 aliphatic heterocycles. The van der Waals surface area contributed by atoms with Gasteiger partial charge in [-0.2, -0.15) is 0 Å². The summed E-state index contributed by atoms with van der Waals surface area (Å²) < 4.78 is 12.9. The van der Waals surface area contributed by atoms with Gasteiger partial charge in [0.05, 0.1) is 18.9 Å². The quantitative estimate of drug-likeness (QED) is 0.263. The Morgan fingerprint density at radius 1 is 1.07 bits per heavy atom. The van der Waals surface area contributed by atoms with Gasteiger partial charge in [-0.25, -0.2) is 4.98 Å². The number of nitrogens with one attached hydrogen (secondary N) is 1. The van der Waals surface area contributed by atoms with Crippen molar-refractivity contribution in [3.8, 4) is 22.7 Å². The number of anilines is 1. The maximum Gasteiger partial charge on any atom is 0.254 e. The Morgan fingerprint density at radius 2 is 1.83 bits per heavy atom. The third-order valence-electron chi connectivity index (χ3n) is 7.27. The largest absolute Gasteiger partial charge is 0.497 e. The van der Waals surface area contributed by atoms with E-state index in [4.69, 9.17) is 26.1 Å². The molecule has 1 atom stereocenters. The topological polar surface area (TPSA) is 85.7 Å². The second-order valence-electron chi connectivity index (χ2n) is 10.2. The molecule has 0 radical (unpaired) electrons. The van der Waals surface area contributed by atoms with E-state index in [1.54, 1.807) is 43.5 Å². The van der Waals surface area contributed by atoms with Gasteiger partial charge in [-0.3, -0.25) is 19.5 Å². The molecule has 0 aliphatic carbocycles. The first kappa shape index (κ1) is 28.4. The SMILES string of the molecule is COc1ccc(C(=O)N(CC(=O)Nc2nc(-c3ccc(Cl)cc3)cn2-c2ccc(C)c(C)c2)C[C@H]2CCCO2)cc1. The van der Waals surface area contributed by atoms with Gasteiger partial charge in [0, 0.05) is 41.2 Å². The molecule has 1 aliphatic rings. The molecule has 2 heterocycles. The molecule has 9 heteroatoms. The van der Waals surface area contributed by atoms with Crippen LogP contribution in [0.2, 0.25) is 5.02 Å². The minimum Gasteiger partial charge on any atom is -0.497 e. The highest BCUT2D eigenvalue weighted by atomic mass is 35.5. The van der Waals surface area contributed by atoms with E-state index in [2.05, 4.69) is 18.3 Å². The lowest BCUT2D eigenvalue weighted by atomic mass is 10.1. The minimum absolute atomic E-state index is 0.112. The number of hydrogen-bond acceptors (Lipinski definition) is 5. The number of carbonyl (C=O) groups is 2. The zero-order valence-electron chi connectivity index (χ0n) is 23.4. The molecule has 212 valence electrons. The number of carbonyl (C=O) groups excluding carboxylic acids is 2. The molecule has 0 saturated carbocycles. The van der Waals surface area contributed by atoms with Gasteiger partial charge in [-0.15, -0.1) is 0 Å². The van der Waals surface area contributed by atoms with Crippen molar-refractivity contribution in [2.24, 2.45) is 0 Å². The zero-order valence-corrected chi connectivity index (χ0v) is 24.1. The van der Waals surface area contributed by atoms with Crippen LogP contribution in [0.3, 0.4) is 0 Å². The van der Waals surface area contributed by atoms with Crippen LogP contribution in [0.4, 0.5) is 5.95 Å². The molecule has 0 bridgehead atoms. The van der Waals surface area contributed by atoms with Gasteiger partial charge in [0.1, 0.15) is 12.3 Å². The predicted molar refractivity (Wildman–Crippen MR) is 160 cm³/mol. The first-order valence-corrected chi connectivity index (χ1v) is 14.0. The number of hydrogen-bond donors (Lipinski definition) is 1. The van der Waals surface area contributed by atoms with Crippen molar-refractivity contribution in [1.29, 1.82) is 0 Å². The van der Waals surface area contributed by atoms with E-state index in [1.165, 1.54) is 10.5 Å². The molecule has 0 unspecified atom stereocenters. The number of imidazole rings is 1. The summed E-state index contributed by atoms with van der Waals surface area (Å²) in [6, 6.07) is 20.3. The lowest BCUT2D eigenvalue weighted by Gasteiger charge is -2.25. The first-order chi connectivity index (χ1) is 19.8. The van der Waals surface area contributed by atoms with Crippen molar-refractivity contribution < 1.29 is 19.1 Å². The number of benzene rings is 3. The predicted octanol–water partition coefficient (Wildman–Crippen LogP) is 6.08. The van der Waals surface area contributed by atoms with Crippen LogP contribution in [0.25, 0.3) is 16.9 Å². The molecular formula is C32H33ClN4O4. The molecule has 5 rings (SSSR count). The van der Waals surface area contributed by atoms with Gasteiger partial charge >= 0.3 is 0 Å². The summed E-state index contributed by atoms with van der Waals surface area (Å²) in [5.74, 6) is 0.401. The summed E-state index contributed by atoms with van der Waals surface area (Å²) in [7, 11) is 1.57. The Balaban J connectivity index is 1.42. The van der Waals surface area contributed by atoms with Crippen LogP contribution in [-0.2, 0) is 9.53 Å². The number of nitrogens with zero attached hydrogens (tertiary/aromatic N) is 3. The number of methoxy groups -OCH3 is 1. The maximum atomic E-state index is 13.5. The average molecular weight is 573 g/mol. The fourth-order valence-corrected chi connectivity index (χ4v) is 4.93. The molecule has 0 spiro atoms. The van der Waals surface area contributed by atoms with Gasteiger partial charge in [-0.05, 0) is 86.3 Å². The lowest BCUT2D eigenvalue weighted by Crippen LogP contribution is -2.42. The van der Waals surface area contributed by atoms with E-state index in [9.17, 15) is 9.59 Å². The Bertz CT molecular complexity index is 1530.